The number of benzene rings is 9. The van der Waals surface area contributed by atoms with Gasteiger partial charge in [-0.05, 0) is 116 Å². The molecule has 0 aliphatic heterocycles. The highest BCUT2D eigenvalue weighted by molar-refractivity contribution is 6.09. The minimum atomic E-state index is -0.0826. The lowest BCUT2D eigenvalue weighted by Gasteiger charge is -2.26. The van der Waals surface area contributed by atoms with Gasteiger partial charge < -0.3 is 9.32 Å². The van der Waals surface area contributed by atoms with Gasteiger partial charge in [0, 0.05) is 38.8 Å². The minimum Gasteiger partial charge on any atom is -0.455 e. The second-order valence-electron chi connectivity index (χ2n) is 16.1. The first-order valence-electron chi connectivity index (χ1n) is 20.4. The van der Waals surface area contributed by atoms with Crippen molar-refractivity contribution in [2.24, 2.45) is 0 Å². The number of anilines is 3. The standard InChI is InChI=1S/C57H41NO/c1-57(2)53-34-28-43(36-52(53)49-33-27-44(37-54(49)57)39-15-7-4-8-16-39)40-23-29-45(30-24-40)58(47-18-11-17-42(35-47)38-13-5-3-6-14-38)46-31-25-41(26-32-46)48-20-12-21-51-50-19-9-10-22-55(50)59-56(48)51/h3-37H,1-2H3. The summed E-state index contributed by atoms with van der Waals surface area (Å²) in [5, 5.41) is 2.27. The molecule has 59 heavy (non-hydrogen) atoms. The Bertz CT molecular complexity index is 3160. The summed E-state index contributed by atoms with van der Waals surface area (Å²) < 4.78 is 6.42. The Hall–Kier alpha value is -7.42. The SMILES string of the molecule is CC1(C)c2ccc(-c3ccc(N(c4ccc(-c5cccc6c5oc5ccccc56)cc4)c4cccc(-c5ccccc5)c4)cc3)cc2-c2ccc(-c3ccccc3)cc21. The number of rotatable bonds is 7. The molecule has 0 spiro atoms. The average Bonchev–Trinajstić information content (AvgIpc) is 3.79. The summed E-state index contributed by atoms with van der Waals surface area (Å²) >= 11 is 0. The van der Waals surface area contributed by atoms with Crippen molar-refractivity contribution < 1.29 is 4.42 Å². The third kappa shape index (κ3) is 5.96. The molecule has 0 saturated heterocycles. The molecule has 0 radical (unpaired) electrons. The summed E-state index contributed by atoms with van der Waals surface area (Å²) in [6.45, 7) is 4.71. The highest BCUT2D eigenvalue weighted by atomic mass is 16.3. The Kier molecular flexibility index (Phi) is 8.20. The van der Waals surface area contributed by atoms with E-state index in [1.165, 1.54) is 55.6 Å². The van der Waals surface area contributed by atoms with Crippen LogP contribution in [0.15, 0.2) is 217 Å². The largest absolute Gasteiger partial charge is 0.455 e. The van der Waals surface area contributed by atoms with Crippen LogP contribution in [0.5, 0.6) is 0 Å². The molecule has 2 nitrogen and oxygen atoms in total. The molecule has 11 rings (SSSR count). The van der Waals surface area contributed by atoms with E-state index < -0.39 is 0 Å². The molecule has 0 atom stereocenters. The molecule has 0 bridgehead atoms. The van der Waals surface area contributed by atoms with Gasteiger partial charge in [-0.15, -0.1) is 0 Å². The average molecular weight is 756 g/mol. The lowest BCUT2D eigenvalue weighted by atomic mass is 9.81. The third-order valence-corrected chi connectivity index (χ3v) is 12.3. The van der Waals surface area contributed by atoms with Gasteiger partial charge in [-0.1, -0.05) is 172 Å². The summed E-state index contributed by atoms with van der Waals surface area (Å²) in [7, 11) is 0. The van der Waals surface area contributed by atoms with Gasteiger partial charge >= 0.3 is 0 Å². The van der Waals surface area contributed by atoms with E-state index in [1.807, 2.05) is 12.1 Å². The maximum absolute atomic E-state index is 6.42. The molecule has 1 heterocycles. The molecule has 1 aromatic heterocycles. The van der Waals surface area contributed by atoms with Crippen LogP contribution in [0.2, 0.25) is 0 Å². The van der Waals surface area contributed by atoms with E-state index in [1.54, 1.807) is 0 Å². The Labute approximate surface area is 345 Å². The maximum atomic E-state index is 6.42. The van der Waals surface area contributed by atoms with Crippen molar-refractivity contribution in [3.63, 3.8) is 0 Å². The Morgan fingerprint density at radius 3 is 1.61 bits per heavy atom. The predicted molar refractivity (Wildman–Crippen MR) is 248 cm³/mol. The third-order valence-electron chi connectivity index (χ3n) is 12.3. The second kappa shape index (κ2) is 13.9. The lowest BCUT2D eigenvalue weighted by Crippen LogP contribution is -2.15. The highest BCUT2D eigenvalue weighted by Crippen LogP contribution is 2.51. The van der Waals surface area contributed by atoms with E-state index in [9.17, 15) is 0 Å². The number of hydrogen-bond acceptors (Lipinski definition) is 2. The van der Waals surface area contributed by atoms with Crippen molar-refractivity contribution in [2.45, 2.75) is 19.3 Å². The molecule has 1 aliphatic carbocycles. The Balaban J connectivity index is 0.967. The van der Waals surface area contributed by atoms with Crippen molar-refractivity contribution >= 4 is 39.0 Å². The van der Waals surface area contributed by atoms with E-state index >= 15 is 0 Å². The zero-order valence-corrected chi connectivity index (χ0v) is 33.1. The predicted octanol–water partition coefficient (Wildman–Crippen LogP) is 16.0. The first-order chi connectivity index (χ1) is 29.0. The Morgan fingerprint density at radius 1 is 0.339 bits per heavy atom. The molecule has 0 N–H and O–H groups in total. The van der Waals surface area contributed by atoms with E-state index in [-0.39, 0.29) is 5.41 Å². The minimum absolute atomic E-state index is 0.0826. The second-order valence-corrected chi connectivity index (χ2v) is 16.1. The Morgan fingerprint density at radius 2 is 0.881 bits per heavy atom. The molecule has 280 valence electrons. The van der Waals surface area contributed by atoms with Gasteiger partial charge in [-0.3, -0.25) is 0 Å². The van der Waals surface area contributed by atoms with Crippen LogP contribution in [-0.4, -0.2) is 0 Å². The van der Waals surface area contributed by atoms with Crippen LogP contribution in [0.1, 0.15) is 25.0 Å². The quantitative estimate of drug-likeness (QED) is 0.161. The van der Waals surface area contributed by atoms with Crippen LogP contribution in [0.25, 0.3) is 77.6 Å². The van der Waals surface area contributed by atoms with Crippen LogP contribution in [-0.2, 0) is 5.41 Å². The van der Waals surface area contributed by atoms with Crippen LogP contribution < -0.4 is 4.90 Å². The first-order valence-corrected chi connectivity index (χ1v) is 20.4. The van der Waals surface area contributed by atoms with Crippen molar-refractivity contribution in [2.75, 3.05) is 4.90 Å². The van der Waals surface area contributed by atoms with Gasteiger partial charge in [0.1, 0.15) is 11.2 Å². The number of hydrogen-bond donors (Lipinski definition) is 0. The fourth-order valence-electron chi connectivity index (χ4n) is 9.21. The molecule has 2 heteroatoms. The number of furan rings is 1. The van der Waals surface area contributed by atoms with Crippen molar-refractivity contribution in [1.82, 2.24) is 0 Å². The zero-order valence-electron chi connectivity index (χ0n) is 33.1. The van der Waals surface area contributed by atoms with Gasteiger partial charge in [-0.25, -0.2) is 0 Å². The molecule has 0 fully saturated rings. The first kappa shape index (κ1) is 34.8. The zero-order chi connectivity index (χ0) is 39.5. The summed E-state index contributed by atoms with van der Waals surface area (Å²) in [4.78, 5) is 2.35. The number of fused-ring (bicyclic) bond motifs is 6. The summed E-state index contributed by atoms with van der Waals surface area (Å²) in [5.41, 5.74) is 19.9. The van der Waals surface area contributed by atoms with Gasteiger partial charge in [0.15, 0.2) is 0 Å². The van der Waals surface area contributed by atoms with E-state index in [0.29, 0.717) is 0 Å². The number of nitrogens with zero attached hydrogens (tertiary/aromatic N) is 1. The van der Waals surface area contributed by atoms with Gasteiger partial charge in [-0.2, -0.15) is 0 Å². The highest BCUT2D eigenvalue weighted by Gasteiger charge is 2.35. The lowest BCUT2D eigenvalue weighted by molar-refractivity contribution is 0.660. The topological polar surface area (TPSA) is 16.4 Å². The molecule has 1 aliphatic rings. The molecule has 0 unspecified atom stereocenters. The van der Waals surface area contributed by atoms with Crippen molar-refractivity contribution in [3.8, 4) is 55.6 Å². The monoisotopic (exact) mass is 755 g/mol. The van der Waals surface area contributed by atoms with Crippen LogP contribution >= 0.6 is 0 Å². The summed E-state index contributed by atoms with van der Waals surface area (Å²) in [6.07, 6.45) is 0. The summed E-state index contributed by atoms with van der Waals surface area (Å²) in [6, 6.07) is 76.8. The molecule has 10 aromatic rings. The van der Waals surface area contributed by atoms with Crippen LogP contribution in [0.4, 0.5) is 17.1 Å². The summed E-state index contributed by atoms with van der Waals surface area (Å²) in [5.74, 6) is 0. The van der Waals surface area contributed by atoms with Gasteiger partial charge in [0.2, 0.25) is 0 Å². The molecular weight excluding hydrogens is 715 g/mol. The normalized spacial score (nSPS) is 12.7. The van der Waals surface area contributed by atoms with Crippen molar-refractivity contribution in [3.05, 3.63) is 223 Å². The van der Waals surface area contributed by atoms with Crippen LogP contribution in [0.3, 0.4) is 0 Å². The molecule has 0 saturated carbocycles. The maximum Gasteiger partial charge on any atom is 0.143 e. The molecular formula is C57H41NO. The smallest absolute Gasteiger partial charge is 0.143 e. The van der Waals surface area contributed by atoms with E-state index in [4.69, 9.17) is 4.42 Å². The molecule has 0 amide bonds. The van der Waals surface area contributed by atoms with E-state index in [0.717, 1.165) is 50.1 Å². The van der Waals surface area contributed by atoms with Crippen LogP contribution in [0, 0.1) is 0 Å². The fourth-order valence-corrected chi connectivity index (χ4v) is 9.21. The molecule has 9 aromatic carbocycles. The number of para-hydroxylation sites is 2. The van der Waals surface area contributed by atoms with E-state index in [2.05, 4.69) is 219 Å². The van der Waals surface area contributed by atoms with Crippen molar-refractivity contribution in [1.29, 1.82) is 0 Å². The fraction of sp³-hybridized carbons (Fsp3) is 0.0526. The van der Waals surface area contributed by atoms with Gasteiger partial charge in [0.25, 0.3) is 0 Å². The van der Waals surface area contributed by atoms with Gasteiger partial charge in [0.05, 0.1) is 0 Å².